The molecule has 3 aromatic rings. The lowest BCUT2D eigenvalue weighted by atomic mass is 10.1. The maximum Gasteiger partial charge on any atom is 0.134 e. The predicted octanol–water partition coefficient (Wildman–Crippen LogP) is 5.68. The van der Waals surface area contributed by atoms with Crippen LogP contribution < -0.4 is 0 Å². The molecule has 0 saturated heterocycles. The van der Waals surface area contributed by atoms with Crippen molar-refractivity contribution in [3.05, 3.63) is 113 Å². The molecule has 1 aliphatic heterocycles. The van der Waals surface area contributed by atoms with Crippen LogP contribution in [0.3, 0.4) is 0 Å². The Morgan fingerprint density at radius 3 is 2.14 bits per heavy atom. The van der Waals surface area contributed by atoms with Gasteiger partial charge in [-0.05, 0) is 62.7 Å². The second kappa shape index (κ2) is 15.8. The number of fused-ring (bicyclic) bond motifs is 2. The van der Waals surface area contributed by atoms with E-state index in [1.165, 1.54) is 0 Å². The fourth-order valence-electron chi connectivity index (χ4n) is 5.22. The number of rotatable bonds is 8. The Hall–Kier alpha value is -4.53. The van der Waals surface area contributed by atoms with E-state index in [0.717, 1.165) is 84.4 Å². The van der Waals surface area contributed by atoms with Crippen LogP contribution in [-0.2, 0) is 26.2 Å². The number of hydrogen-bond acceptors (Lipinski definition) is 7. The summed E-state index contributed by atoms with van der Waals surface area (Å²) < 4.78 is 0. The fraction of sp³-hybridized carbons (Fsp3) is 0.324. The highest BCUT2D eigenvalue weighted by molar-refractivity contribution is 5.62. The average Bonchev–Trinajstić information content (AvgIpc) is 3.01. The third kappa shape index (κ3) is 9.23. The maximum atomic E-state index is 10.1. The van der Waals surface area contributed by atoms with E-state index in [4.69, 9.17) is 21.4 Å². The fourth-order valence-corrected chi connectivity index (χ4v) is 5.22. The van der Waals surface area contributed by atoms with Gasteiger partial charge in [-0.2, -0.15) is 0 Å². The SMILES string of the molecule is C#Cc1cc(CN2CCN(CC=C)Cc3cccc(n3)CN(Cc3cc(C#CC)cc(C(=C)O)n3)CC2)nc(/C(C)=C\C)c1. The van der Waals surface area contributed by atoms with E-state index in [2.05, 4.69) is 76.8 Å². The minimum atomic E-state index is -0.0708. The van der Waals surface area contributed by atoms with Crippen LogP contribution in [0.25, 0.3) is 11.3 Å². The first-order valence-corrected chi connectivity index (χ1v) is 15.0. The molecular weight excluding hydrogens is 544 g/mol. The van der Waals surface area contributed by atoms with E-state index in [0.29, 0.717) is 25.3 Å². The Labute approximate surface area is 262 Å². The molecule has 1 aliphatic rings. The molecule has 3 aromatic heterocycles. The number of allylic oxidation sites excluding steroid dienone is 2. The maximum absolute atomic E-state index is 10.1. The van der Waals surface area contributed by atoms with Gasteiger partial charge in [-0.15, -0.1) is 18.9 Å². The van der Waals surface area contributed by atoms with E-state index in [1.54, 1.807) is 13.0 Å². The van der Waals surface area contributed by atoms with Gasteiger partial charge in [-0.1, -0.05) is 36.6 Å². The number of aliphatic hydroxyl groups excluding tert-OH is 1. The van der Waals surface area contributed by atoms with Crippen molar-refractivity contribution in [1.29, 1.82) is 0 Å². The largest absolute Gasteiger partial charge is 0.506 e. The molecule has 7 nitrogen and oxygen atoms in total. The highest BCUT2D eigenvalue weighted by Gasteiger charge is 2.18. The normalized spacial score (nSPS) is 15.3. The Bertz CT molecular complexity index is 1620. The van der Waals surface area contributed by atoms with Gasteiger partial charge in [-0.3, -0.25) is 24.7 Å². The van der Waals surface area contributed by atoms with Crippen molar-refractivity contribution in [1.82, 2.24) is 29.7 Å². The van der Waals surface area contributed by atoms with Crippen molar-refractivity contribution in [2.24, 2.45) is 0 Å². The van der Waals surface area contributed by atoms with Crippen LogP contribution in [0.1, 0.15) is 66.1 Å². The predicted molar refractivity (Wildman–Crippen MR) is 179 cm³/mol. The first-order chi connectivity index (χ1) is 21.3. The minimum Gasteiger partial charge on any atom is -0.506 e. The van der Waals surface area contributed by atoms with Crippen LogP contribution in [0.4, 0.5) is 0 Å². The van der Waals surface area contributed by atoms with Gasteiger partial charge in [0.2, 0.25) is 0 Å². The van der Waals surface area contributed by atoms with Gasteiger partial charge in [0.25, 0.3) is 0 Å². The molecule has 0 unspecified atom stereocenters. The van der Waals surface area contributed by atoms with Gasteiger partial charge in [0.05, 0.1) is 28.5 Å². The molecule has 0 aromatic carbocycles. The highest BCUT2D eigenvalue weighted by Crippen LogP contribution is 2.18. The van der Waals surface area contributed by atoms with E-state index in [9.17, 15) is 5.11 Å². The van der Waals surface area contributed by atoms with Crippen LogP contribution >= 0.6 is 0 Å². The van der Waals surface area contributed by atoms with Gasteiger partial charge >= 0.3 is 0 Å². The van der Waals surface area contributed by atoms with Crippen molar-refractivity contribution in [2.75, 3.05) is 32.7 Å². The van der Waals surface area contributed by atoms with E-state index >= 15 is 0 Å². The van der Waals surface area contributed by atoms with Crippen molar-refractivity contribution in [2.45, 2.75) is 47.0 Å². The first-order valence-electron chi connectivity index (χ1n) is 15.0. The van der Waals surface area contributed by atoms with E-state index in [1.807, 2.05) is 31.2 Å². The molecule has 226 valence electrons. The van der Waals surface area contributed by atoms with E-state index in [-0.39, 0.29) is 5.76 Å². The van der Waals surface area contributed by atoms with Gasteiger partial charge in [0.1, 0.15) is 11.5 Å². The molecule has 7 heteroatoms. The zero-order valence-electron chi connectivity index (χ0n) is 26.2. The summed E-state index contributed by atoms with van der Waals surface area (Å²) in [7, 11) is 0. The molecule has 1 N–H and O–H groups in total. The third-order valence-corrected chi connectivity index (χ3v) is 7.58. The number of aliphatic hydroxyl groups is 1. The molecular formula is C37H42N6O. The number of nitrogens with zero attached hydrogens (tertiary/aromatic N) is 6. The molecule has 0 amide bonds. The molecule has 2 bridgehead atoms. The summed E-state index contributed by atoms with van der Waals surface area (Å²) in [5.74, 6) is 8.78. The summed E-state index contributed by atoms with van der Waals surface area (Å²) in [4.78, 5) is 21.8. The molecule has 44 heavy (non-hydrogen) atoms. The Balaban J connectivity index is 1.67. The molecule has 4 rings (SSSR count). The Morgan fingerprint density at radius 2 is 1.50 bits per heavy atom. The molecule has 0 aliphatic carbocycles. The summed E-state index contributed by atoms with van der Waals surface area (Å²) in [5.41, 5.74) is 7.88. The number of hydrogen-bond donors (Lipinski definition) is 1. The monoisotopic (exact) mass is 586 g/mol. The molecule has 0 saturated carbocycles. The minimum absolute atomic E-state index is 0.0708. The first kappa shape index (κ1) is 32.4. The highest BCUT2D eigenvalue weighted by atomic mass is 16.3. The molecule has 0 spiro atoms. The molecule has 0 fully saturated rings. The summed E-state index contributed by atoms with van der Waals surface area (Å²) in [6, 6.07) is 14.0. The summed E-state index contributed by atoms with van der Waals surface area (Å²) in [6.07, 6.45) is 9.84. The summed E-state index contributed by atoms with van der Waals surface area (Å²) in [5, 5.41) is 10.1. The van der Waals surface area contributed by atoms with Crippen molar-refractivity contribution >= 4 is 11.3 Å². The zero-order valence-corrected chi connectivity index (χ0v) is 26.2. The standard InChI is InChI=1S/C37H42N6O/c1-7-12-31-21-35(40-37(23-31)29(6)44)27-43-19-18-42(26-34-20-30(10-4)22-36(39-34)28(5)9-3)17-16-41(15-8-2)24-32-13-11-14-33(25-43)38-32/h4,8-9,11,13-14,20-23,44H,2,6,15-19,24-27H2,1,3,5H3/b28-9-. The van der Waals surface area contributed by atoms with Gasteiger partial charge in [0, 0.05) is 70.0 Å². The average molecular weight is 587 g/mol. The molecule has 4 heterocycles. The third-order valence-electron chi connectivity index (χ3n) is 7.58. The molecule has 0 atom stereocenters. The number of pyridine rings is 3. The topological polar surface area (TPSA) is 68.6 Å². The van der Waals surface area contributed by atoms with Crippen LogP contribution in [0, 0.1) is 24.2 Å². The lowest BCUT2D eigenvalue weighted by Crippen LogP contribution is -2.40. The van der Waals surface area contributed by atoms with Crippen LogP contribution in [0.2, 0.25) is 0 Å². The smallest absolute Gasteiger partial charge is 0.134 e. The quantitative estimate of drug-likeness (QED) is 0.207. The van der Waals surface area contributed by atoms with Crippen molar-refractivity contribution < 1.29 is 5.11 Å². The summed E-state index contributed by atoms with van der Waals surface area (Å²) in [6.45, 7) is 20.2. The van der Waals surface area contributed by atoms with Gasteiger partial charge in [-0.25, -0.2) is 4.98 Å². The number of aromatic nitrogens is 3. The van der Waals surface area contributed by atoms with E-state index < -0.39 is 0 Å². The lowest BCUT2D eigenvalue weighted by Gasteiger charge is -2.31. The van der Waals surface area contributed by atoms with Crippen molar-refractivity contribution in [3.63, 3.8) is 0 Å². The van der Waals surface area contributed by atoms with Crippen LogP contribution in [0.15, 0.2) is 67.8 Å². The Morgan fingerprint density at radius 1 is 0.909 bits per heavy atom. The second-order valence-electron chi connectivity index (χ2n) is 11.0. The zero-order chi connectivity index (χ0) is 31.5. The van der Waals surface area contributed by atoms with Crippen molar-refractivity contribution in [3.8, 4) is 24.2 Å². The second-order valence-corrected chi connectivity index (χ2v) is 11.0. The number of terminal acetylenes is 1. The van der Waals surface area contributed by atoms with Crippen LogP contribution in [-0.4, -0.2) is 67.5 Å². The molecule has 0 radical (unpaired) electrons. The van der Waals surface area contributed by atoms with Crippen LogP contribution in [0.5, 0.6) is 0 Å². The Kier molecular flexibility index (Phi) is 11.6. The van der Waals surface area contributed by atoms with Gasteiger partial charge in [0.15, 0.2) is 0 Å². The lowest BCUT2D eigenvalue weighted by molar-refractivity contribution is 0.160. The summed E-state index contributed by atoms with van der Waals surface area (Å²) >= 11 is 0. The van der Waals surface area contributed by atoms with Gasteiger partial charge < -0.3 is 5.11 Å².